The minimum atomic E-state index is -0.687. The SMILES string of the molecule is Cc1ccc(C)c(N2CCN(c3ccnc(SCC(=O)Nc4cc(F)ccc4F)n3)CC2)c1. The van der Waals surface area contributed by atoms with Gasteiger partial charge >= 0.3 is 0 Å². The van der Waals surface area contributed by atoms with E-state index < -0.39 is 17.5 Å². The van der Waals surface area contributed by atoms with Crippen molar-refractivity contribution in [2.45, 2.75) is 19.0 Å². The highest BCUT2D eigenvalue weighted by atomic mass is 32.2. The number of amides is 1. The van der Waals surface area contributed by atoms with Gasteiger partial charge < -0.3 is 15.1 Å². The normalized spacial score (nSPS) is 13.8. The Morgan fingerprint density at radius 1 is 1.03 bits per heavy atom. The fraction of sp³-hybridized carbons (Fsp3) is 0.292. The van der Waals surface area contributed by atoms with Crippen LogP contribution in [0.2, 0.25) is 0 Å². The third kappa shape index (κ3) is 5.78. The molecular formula is C24H25F2N5OS. The Hall–Kier alpha value is -3.20. The summed E-state index contributed by atoms with van der Waals surface area (Å²) in [5.41, 5.74) is 3.61. The minimum absolute atomic E-state index is 0.0141. The molecule has 33 heavy (non-hydrogen) atoms. The summed E-state index contributed by atoms with van der Waals surface area (Å²) in [5, 5.41) is 2.84. The molecule has 0 aliphatic carbocycles. The molecule has 0 bridgehead atoms. The minimum Gasteiger partial charge on any atom is -0.368 e. The molecular weight excluding hydrogens is 444 g/mol. The fourth-order valence-corrected chi connectivity index (χ4v) is 4.35. The number of nitrogens with zero attached hydrogens (tertiary/aromatic N) is 4. The van der Waals surface area contributed by atoms with Crippen LogP contribution in [0.15, 0.2) is 53.8 Å². The van der Waals surface area contributed by atoms with Gasteiger partial charge in [0.05, 0.1) is 11.4 Å². The molecule has 0 spiro atoms. The Kier molecular flexibility index (Phi) is 7.08. The predicted octanol–water partition coefficient (Wildman–Crippen LogP) is 4.43. The van der Waals surface area contributed by atoms with Crippen LogP contribution in [-0.4, -0.2) is 47.8 Å². The zero-order chi connectivity index (χ0) is 23.4. The number of aryl methyl sites for hydroxylation is 2. The molecule has 172 valence electrons. The van der Waals surface area contributed by atoms with Crippen molar-refractivity contribution >= 4 is 34.9 Å². The summed E-state index contributed by atoms with van der Waals surface area (Å²) >= 11 is 1.15. The highest BCUT2D eigenvalue weighted by molar-refractivity contribution is 7.99. The van der Waals surface area contributed by atoms with Gasteiger partial charge in [-0.3, -0.25) is 4.79 Å². The maximum Gasteiger partial charge on any atom is 0.234 e. The smallest absolute Gasteiger partial charge is 0.234 e. The van der Waals surface area contributed by atoms with E-state index in [0.717, 1.165) is 62.0 Å². The first-order valence-electron chi connectivity index (χ1n) is 10.7. The first-order chi connectivity index (χ1) is 15.9. The van der Waals surface area contributed by atoms with Gasteiger partial charge in [0, 0.05) is 44.1 Å². The number of halogens is 2. The third-order valence-electron chi connectivity index (χ3n) is 5.46. The standard InChI is InChI=1S/C24H25F2N5OS/c1-16-3-4-17(2)21(13-16)30-9-11-31(12-10-30)22-7-8-27-24(29-22)33-15-23(32)28-20-14-18(25)5-6-19(20)26/h3-8,13-14H,9-12,15H2,1-2H3,(H,28,32). The topological polar surface area (TPSA) is 61.4 Å². The van der Waals surface area contributed by atoms with E-state index in [1.165, 1.54) is 16.8 Å². The second-order valence-electron chi connectivity index (χ2n) is 7.92. The number of rotatable bonds is 6. The Morgan fingerprint density at radius 3 is 2.58 bits per heavy atom. The maximum atomic E-state index is 13.7. The van der Waals surface area contributed by atoms with E-state index in [4.69, 9.17) is 0 Å². The number of benzene rings is 2. The highest BCUT2D eigenvalue weighted by Gasteiger charge is 2.20. The van der Waals surface area contributed by atoms with E-state index in [9.17, 15) is 13.6 Å². The van der Waals surface area contributed by atoms with Crippen LogP contribution >= 0.6 is 11.8 Å². The van der Waals surface area contributed by atoms with E-state index in [2.05, 4.69) is 57.1 Å². The summed E-state index contributed by atoms with van der Waals surface area (Å²) in [6.07, 6.45) is 1.67. The predicted molar refractivity (Wildman–Crippen MR) is 128 cm³/mol. The van der Waals surface area contributed by atoms with Crippen molar-refractivity contribution in [3.63, 3.8) is 0 Å². The number of piperazine rings is 1. The van der Waals surface area contributed by atoms with Crippen molar-refractivity contribution in [1.29, 1.82) is 0 Å². The molecule has 0 radical (unpaired) electrons. The summed E-state index contributed by atoms with van der Waals surface area (Å²) in [5.74, 6) is -0.966. The lowest BCUT2D eigenvalue weighted by atomic mass is 10.1. The lowest BCUT2D eigenvalue weighted by Crippen LogP contribution is -2.47. The number of carbonyl (C=O) groups excluding carboxylic acids is 1. The van der Waals surface area contributed by atoms with E-state index in [-0.39, 0.29) is 11.4 Å². The molecule has 6 nitrogen and oxygen atoms in total. The van der Waals surface area contributed by atoms with E-state index >= 15 is 0 Å². The number of carbonyl (C=O) groups is 1. The first-order valence-corrected chi connectivity index (χ1v) is 11.7. The van der Waals surface area contributed by atoms with Gasteiger partial charge in [-0.05, 0) is 49.2 Å². The van der Waals surface area contributed by atoms with Crippen LogP contribution in [-0.2, 0) is 4.79 Å². The molecule has 1 amide bonds. The molecule has 0 unspecified atom stereocenters. The van der Waals surface area contributed by atoms with Crippen molar-refractivity contribution in [3.05, 3.63) is 71.4 Å². The van der Waals surface area contributed by atoms with E-state index in [0.29, 0.717) is 5.16 Å². The molecule has 1 N–H and O–H groups in total. The zero-order valence-electron chi connectivity index (χ0n) is 18.5. The highest BCUT2D eigenvalue weighted by Crippen LogP contribution is 2.25. The van der Waals surface area contributed by atoms with Crippen molar-refractivity contribution in [2.75, 3.05) is 47.0 Å². The average Bonchev–Trinajstić information content (AvgIpc) is 2.82. The van der Waals surface area contributed by atoms with Crippen LogP contribution in [0.25, 0.3) is 0 Å². The quantitative estimate of drug-likeness (QED) is 0.426. The molecule has 4 rings (SSSR count). The second-order valence-corrected chi connectivity index (χ2v) is 8.86. The number of hydrogen-bond donors (Lipinski definition) is 1. The van der Waals surface area contributed by atoms with Crippen molar-refractivity contribution in [3.8, 4) is 0 Å². The van der Waals surface area contributed by atoms with Gasteiger partial charge in [-0.1, -0.05) is 23.9 Å². The van der Waals surface area contributed by atoms with Gasteiger partial charge in [0.15, 0.2) is 5.16 Å². The maximum absolute atomic E-state index is 13.7. The fourth-order valence-electron chi connectivity index (χ4n) is 3.72. The summed E-state index contributed by atoms with van der Waals surface area (Å²) < 4.78 is 27.0. The van der Waals surface area contributed by atoms with Crippen molar-refractivity contribution in [1.82, 2.24) is 9.97 Å². The Bertz CT molecular complexity index is 1150. The van der Waals surface area contributed by atoms with Crippen LogP contribution in [0.3, 0.4) is 0 Å². The van der Waals surface area contributed by atoms with Gasteiger partial charge in [-0.2, -0.15) is 0 Å². The van der Waals surface area contributed by atoms with Gasteiger partial charge in [-0.15, -0.1) is 0 Å². The lowest BCUT2D eigenvalue weighted by Gasteiger charge is -2.37. The molecule has 2 aromatic carbocycles. The third-order valence-corrected chi connectivity index (χ3v) is 6.32. The number of thioether (sulfide) groups is 1. The van der Waals surface area contributed by atoms with E-state index in [1.54, 1.807) is 6.20 Å². The largest absolute Gasteiger partial charge is 0.368 e. The summed E-state index contributed by atoms with van der Waals surface area (Å²) in [6, 6.07) is 11.3. The lowest BCUT2D eigenvalue weighted by molar-refractivity contribution is -0.113. The number of nitrogens with one attached hydrogen (secondary N) is 1. The molecule has 3 aromatic rings. The van der Waals surface area contributed by atoms with Gasteiger partial charge in [0.1, 0.15) is 17.5 Å². The van der Waals surface area contributed by atoms with E-state index in [1.807, 2.05) is 6.07 Å². The summed E-state index contributed by atoms with van der Waals surface area (Å²) in [4.78, 5) is 25.6. The molecule has 2 heterocycles. The van der Waals surface area contributed by atoms with Gasteiger partial charge in [0.2, 0.25) is 5.91 Å². The Labute approximate surface area is 196 Å². The van der Waals surface area contributed by atoms with Crippen molar-refractivity contribution < 1.29 is 13.6 Å². The molecule has 0 atom stereocenters. The van der Waals surface area contributed by atoms with Crippen LogP contribution in [0, 0.1) is 25.5 Å². The van der Waals surface area contributed by atoms with Crippen LogP contribution in [0.1, 0.15) is 11.1 Å². The number of aromatic nitrogens is 2. The first kappa shape index (κ1) is 23.0. The van der Waals surface area contributed by atoms with Crippen LogP contribution in [0.4, 0.5) is 26.0 Å². The monoisotopic (exact) mass is 469 g/mol. The number of hydrogen-bond acceptors (Lipinski definition) is 6. The molecule has 1 fully saturated rings. The number of anilines is 3. The second kappa shape index (κ2) is 10.2. The molecule has 1 aromatic heterocycles. The molecule has 9 heteroatoms. The summed E-state index contributed by atoms with van der Waals surface area (Å²) in [6.45, 7) is 7.67. The molecule has 1 aliphatic heterocycles. The van der Waals surface area contributed by atoms with Gasteiger partial charge in [-0.25, -0.2) is 18.7 Å². The summed E-state index contributed by atoms with van der Waals surface area (Å²) in [7, 11) is 0. The Balaban J connectivity index is 1.33. The zero-order valence-corrected chi connectivity index (χ0v) is 19.3. The molecule has 1 aliphatic rings. The van der Waals surface area contributed by atoms with Gasteiger partial charge in [0.25, 0.3) is 0 Å². The average molecular weight is 470 g/mol. The van der Waals surface area contributed by atoms with Crippen molar-refractivity contribution in [2.24, 2.45) is 0 Å². The molecule has 0 saturated carbocycles. The van der Waals surface area contributed by atoms with Crippen LogP contribution in [0.5, 0.6) is 0 Å². The van der Waals surface area contributed by atoms with Crippen LogP contribution < -0.4 is 15.1 Å². The Morgan fingerprint density at radius 2 is 1.79 bits per heavy atom. The molecule has 1 saturated heterocycles.